The predicted octanol–water partition coefficient (Wildman–Crippen LogP) is 0.610. The van der Waals surface area contributed by atoms with E-state index in [2.05, 4.69) is 15.3 Å². The van der Waals surface area contributed by atoms with Gasteiger partial charge in [0.1, 0.15) is 10.7 Å². The Bertz CT molecular complexity index is 856. The lowest BCUT2D eigenvalue weighted by molar-refractivity contribution is 0.763. The Hall–Kier alpha value is -2.32. The molecule has 0 fully saturated rings. The van der Waals surface area contributed by atoms with Crippen LogP contribution in [0.3, 0.4) is 0 Å². The highest BCUT2D eigenvalue weighted by atomic mass is 32.1. The predicted molar refractivity (Wildman–Crippen MR) is 86.0 cm³/mol. The van der Waals surface area contributed by atoms with E-state index in [9.17, 15) is 4.79 Å². The van der Waals surface area contributed by atoms with Crippen LogP contribution in [0.2, 0.25) is 0 Å². The maximum absolute atomic E-state index is 12.5. The molecule has 0 saturated heterocycles. The van der Waals surface area contributed by atoms with E-state index in [4.69, 9.17) is 11.5 Å². The number of para-hydroxylation sites is 1. The Morgan fingerprint density at radius 1 is 1.23 bits per heavy atom. The van der Waals surface area contributed by atoms with E-state index >= 15 is 0 Å². The number of hydrogen-bond acceptors (Lipinski definition) is 7. The summed E-state index contributed by atoms with van der Waals surface area (Å²) in [6.45, 7) is 0.592. The molecule has 0 bridgehead atoms. The molecule has 0 aliphatic heterocycles. The van der Waals surface area contributed by atoms with Crippen molar-refractivity contribution in [2.24, 2.45) is 5.73 Å². The number of nitrogens with zero attached hydrogens (tertiary/aromatic N) is 4. The highest BCUT2D eigenvalue weighted by molar-refractivity contribution is 7.16. The van der Waals surface area contributed by atoms with Gasteiger partial charge in [-0.05, 0) is 24.6 Å². The SMILES string of the molecule is NCCCc1nn2c(=O)c(Cc3ccccc3N)nnc2s1. The second kappa shape index (κ2) is 6.20. The second-order valence-corrected chi connectivity index (χ2v) is 5.95. The molecule has 7 nitrogen and oxygen atoms in total. The van der Waals surface area contributed by atoms with Gasteiger partial charge in [-0.25, -0.2) is 0 Å². The van der Waals surface area contributed by atoms with Crippen molar-refractivity contribution in [3.63, 3.8) is 0 Å². The lowest BCUT2D eigenvalue weighted by Gasteiger charge is -2.03. The van der Waals surface area contributed by atoms with E-state index < -0.39 is 0 Å². The summed E-state index contributed by atoms with van der Waals surface area (Å²) in [5, 5.41) is 13.3. The van der Waals surface area contributed by atoms with Gasteiger partial charge in [-0.2, -0.15) is 9.61 Å². The molecule has 0 unspecified atom stereocenters. The lowest BCUT2D eigenvalue weighted by atomic mass is 10.1. The molecule has 0 spiro atoms. The van der Waals surface area contributed by atoms with E-state index in [-0.39, 0.29) is 5.56 Å². The van der Waals surface area contributed by atoms with Crippen molar-refractivity contribution in [2.45, 2.75) is 19.3 Å². The fraction of sp³-hybridized carbons (Fsp3) is 0.286. The fourth-order valence-corrected chi connectivity index (χ4v) is 3.00. The van der Waals surface area contributed by atoms with Crippen molar-refractivity contribution < 1.29 is 0 Å². The van der Waals surface area contributed by atoms with Gasteiger partial charge in [0.25, 0.3) is 5.56 Å². The molecular formula is C14H16N6OS. The van der Waals surface area contributed by atoms with Crippen LogP contribution in [0.25, 0.3) is 4.96 Å². The van der Waals surface area contributed by atoms with Crippen LogP contribution in [0.5, 0.6) is 0 Å². The van der Waals surface area contributed by atoms with Gasteiger partial charge in [0, 0.05) is 18.5 Å². The van der Waals surface area contributed by atoms with Crippen LogP contribution >= 0.6 is 11.3 Å². The maximum Gasteiger partial charge on any atom is 0.297 e. The third-order valence-corrected chi connectivity index (χ3v) is 4.26. The van der Waals surface area contributed by atoms with E-state index in [0.717, 1.165) is 23.4 Å². The van der Waals surface area contributed by atoms with Crippen molar-refractivity contribution in [1.82, 2.24) is 19.8 Å². The number of hydrogen-bond donors (Lipinski definition) is 2. The number of fused-ring (bicyclic) bond motifs is 1. The first kappa shape index (κ1) is 14.6. The van der Waals surface area contributed by atoms with Crippen LogP contribution in [-0.4, -0.2) is 26.4 Å². The summed E-state index contributed by atoms with van der Waals surface area (Å²) in [5.74, 6) is 0. The minimum Gasteiger partial charge on any atom is -0.398 e. The van der Waals surface area contributed by atoms with Crippen LogP contribution in [0.4, 0.5) is 5.69 Å². The van der Waals surface area contributed by atoms with Crippen LogP contribution < -0.4 is 17.0 Å². The molecule has 1 aromatic carbocycles. The van der Waals surface area contributed by atoms with Crippen molar-refractivity contribution in [3.05, 3.63) is 50.9 Å². The zero-order valence-corrected chi connectivity index (χ0v) is 12.7. The van der Waals surface area contributed by atoms with Crippen molar-refractivity contribution in [3.8, 4) is 0 Å². The quantitative estimate of drug-likeness (QED) is 0.667. The first-order valence-corrected chi connectivity index (χ1v) is 7.78. The monoisotopic (exact) mass is 316 g/mol. The molecule has 0 atom stereocenters. The summed E-state index contributed by atoms with van der Waals surface area (Å²) in [6.07, 6.45) is 1.91. The summed E-state index contributed by atoms with van der Waals surface area (Å²) in [7, 11) is 0. The molecule has 0 aliphatic rings. The molecule has 3 aromatic rings. The number of nitrogen functional groups attached to an aromatic ring is 1. The Kier molecular flexibility index (Phi) is 4.12. The minimum absolute atomic E-state index is 0.247. The van der Waals surface area contributed by atoms with Gasteiger partial charge < -0.3 is 11.5 Å². The normalized spacial score (nSPS) is 11.1. The topological polar surface area (TPSA) is 112 Å². The molecule has 2 aromatic heterocycles. The smallest absolute Gasteiger partial charge is 0.297 e. The zero-order valence-electron chi connectivity index (χ0n) is 11.9. The number of nitrogens with two attached hydrogens (primary N) is 2. The van der Waals surface area contributed by atoms with E-state index in [1.165, 1.54) is 15.9 Å². The summed E-state index contributed by atoms with van der Waals surface area (Å²) in [4.78, 5) is 13.0. The molecule has 8 heteroatoms. The standard InChI is InChI=1S/C14H16N6OS/c15-7-3-6-12-19-20-13(21)11(17-18-14(20)22-12)8-9-4-1-2-5-10(9)16/h1-2,4-5H,3,6-8,15-16H2. The van der Waals surface area contributed by atoms with Crippen molar-refractivity contribution in [2.75, 3.05) is 12.3 Å². The molecule has 4 N–H and O–H groups in total. The van der Waals surface area contributed by atoms with Crippen LogP contribution in [-0.2, 0) is 12.8 Å². The first-order chi connectivity index (χ1) is 10.7. The van der Waals surface area contributed by atoms with Gasteiger partial charge in [0.15, 0.2) is 0 Å². The van der Waals surface area contributed by atoms with Gasteiger partial charge >= 0.3 is 0 Å². The molecule has 22 heavy (non-hydrogen) atoms. The van der Waals surface area contributed by atoms with Gasteiger partial charge in [0.2, 0.25) is 4.96 Å². The molecule has 0 amide bonds. The van der Waals surface area contributed by atoms with Crippen molar-refractivity contribution >= 4 is 22.0 Å². The second-order valence-electron chi connectivity index (χ2n) is 4.91. The molecular weight excluding hydrogens is 300 g/mol. The number of aryl methyl sites for hydroxylation is 1. The van der Waals surface area contributed by atoms with E-state index in [0.29, 0.717) is 29.3 Å². The van der Waals surface area contributed by atoms with Gasteiger partial charge in [-0.3, -0.25) is 4.79 Å². The first-order valence-electron chi connectivity index (χ1n) is 6.97. The molecule has 0 aliphatic carbocycles. The summed E-state index contributed by atoms with van der Waals surface area (Å²) in [6, 6.07) is 7.40. The lowest BCUT2D eigenvalue weighted by Crippen LogP contribution is -2.22. The Labute approximate surface area is 130 Å². The molecule has 3 rings (SSSR count). The van der Waals surface area contributed by atoms with Crippen LogP contribution in [0.1, 0.15) is 22.7 Å². The molecule has 0 saturated carbocycles. The average molecular weight is 316 g/mol. The summed E-state index contributed by atoms with van der Waals surface area (Å²) in [5.41, 5.74) is 13.0. The average Bonchev–Trinajstić information content (AvgIpc) is 2.94. The highest BCUT2D eigenvalue weighted by Crippen LogP contribution is 2.15. The third-order valence-electron chi connectivity index (χ3n) is 3.31. The highest BCUT2D eigenvalue weighted by Gasteiger charge is 2.13. The van der Waals surface area contributed by atoms with Crippen molar-refractivity contribution in [1.29, 1.82) is 0 Å². The van der Waals surface area contributed by atoms with Crippen LogP contribution in [0, 0.1) is 0 Å². The van der Waals surface area contributed by atoms with Gasteiger partial charge in [-0.15, -0.1) is 10.2 Å². The van der Waals surface area contributed by atoms with Gasteiger partial charge in [-0.1, -0.05) is 29.5 Å². The molecule has 2 heterocycles. The fourth-order valence-electron chi connectivity index (χ4n) is 2.13. The Morgan fingerprint density at radius 3 is 2.82 bits per heavy atom. The number of anilines is 1. The zero-order chi connectivity index (χ0) is 15.5. The summed E-state index contributed by atoms with van der Waals surface area (Å²) >= 11 is 1.37. The Balaban J connectivity index is 1.96. The number of benzene rings is 1. The molecule has 114 valence electrons. The number of aromatic nitrogens is 4. The Morgan fingerprint density at radius 2 is 2.05 bits per heavy atom. The summed E-state index contributed by atoms with van der Waals surface area (Å²) < 4.78 is 1.32. The van der Waals surface area contributed by atoms with Crippen LogP contribution in [0.15, 0.2) is 29.1 Å². The molecule has 0 radical (unpaired) electrons. The number of rotatable bonds is 5. The van der Waals surface area contributed by atoms with E-state index in [1.807, 2.05) is 18.2 Å². The van der Waals surface area contributed by atoms with Gasteiger partial charge in [0.05, 0.1) is 0 Å². The van der Waals surface area contributed by atoms with E-state index in [1.54, 1.807) is 6.07 Å². The maximum atomic E-state index is 12.5. The largest absolute Gasteiger partial charge is 0.398 e. The minimum atomic E-state index is -0.247. The third kappa shape index (κ3) is 2.83.